The van der Waals surface area contributed by atoms with Gasteiger partial charge in [-0.15, -0.1) is 0 Å². The van der Waals surface area contributed by atoms with Crippen molar-refractivity contribution in [1.29, 1.82) is 0 Å². The van der Waals surface area contributed by atoms with Crippen LogP contribution >= 0.6 is 44.1 Å². The van der Waals surface area contributed by atoms with E-state index in [4.69, 9.17) is 22.4 Å². The van der Waals surface area contributed by atoms with E-state index in [0.29, 0.717) is 0 Å². The zero-order valence-corrected chi connectivity index (χ0v) is 21.6. The van der Waals surface area contributed by atoms with Crippen LogP contribution in [0.5, 0.6) is 5.75 Å². The molecule has 0 aliphatic carbocycles. The van der Waals surface area contributed by atoms with Crippen LogP contribution in [0.4, 0.5) is 0 Å². The van der Waals surface area contributed by atoms with E-state index >= 15 is 0 Å². The van der Waals surface area contributed by atoms with Gasteiger partial charge in [0.25, 0.3) is 0 Å². The summed E-state index contributed by atoms with van der Waals surface area (Å²) in [6.45, 7) is 11.1. The Bertz CT molecular complexity index is 890. The Morgan fingerprint density at radius 1 is 1.07 bits per heavy atom. The number of thiocarbonyl (C=S) groups is 1. The van der Waals surface area contributed by atoms with Gasteiger partial charge in [-0.3, -0.25) is 5.43 Å². The molecule has 0 saturated carbocycles. The van der Waals surface area contributed by atoms with Gasteiger partial charge in [-0.2, -0.15) is 5.10 Å². The molecule has 0 aliphatic rings. The number of nitrogens with one attached hydrogen (secondary N) is 1. The summed E-state index contributed by atoms with van der Waals surface area (Å²) in [6, 6.07) is 13.9. The molecule has 0 bridgehead atoms. The van der Waals surface area contributed by atoms with Crippen LogP contribution in [0.3, 0.4) is 0 Å². The van der Waals surface area contributed by atoms with Crippen LogP contribution in [0, 0.1) is 0 Å². The fourth-order valence-electron chi connectivity index (χ4n) is 2.25. The van der Waals surface area contributed by atoms with Crippen molar-refractivity contribution in [1.82, 2.24) is 5.43 Å². The van der Waals surface area contributed by atoms with Crippen molar-refractivity contribution in [3.8, 4) is 5.75 Å². The lowest BCUT2D eigenvalue weighted by molar-refractivity contribution is 0.492. The molecule has 0 unspecified atom stereocenters. The average molecular weight is 543 g/mol. The van der Waals surface area contributed by atoms with Crippen molar-refractivity contribution >= 4 is 63.2 Å². The summed E-state index contributed by atoms with van der Waals surface area (Å²) < 4.78 is 8.34. The van der Waals surface area contributed by atoms with Crippen molar-refractivity contribution in [3.63, 3.8) is 0 Å². The van der Waals surface area contributed by atoms with E-state index in [2.05, 4.69) is 76.3 Å². The van der Waals surface area contributed by atoms with Crippen molar-refractivity contribution in [2.75, 3.05) is 0 Å². The van der Waals surface area contributed by atoms with Crippen LogP contribution in [0.25, 0.3) is 0 Å². The molecule has 0 spiro atoms. The summed E-state index contributed by atoms with van der Waals surface area (Å²) in [5, 5.41) is 4.67. The fraction of sp³-hybridized carbons (Fsp3) is 0.300. The Hall–Kier alpha value is -1.22. The Morgan fingerprint density at radius 3 is 2.21 bits per heavy atom. The molecule has 0 fully saturated rings. The lowest BCUT2D eigenvalue weighted by Gasteiger charge is -2.36. The predicted octanol–water partition coefficient (Wildman–Crippen LogP) is 6.18. The second-order valence-electron chi connectivity index (χ2n) is 7.98. The summed E-state index contributed by atoms with van der Waals surface area (Å²) in [6.07, 6.45) is 0. The average Bonchev–Trinajstić information content (AvgIpc) is 2.52. The molecule has 0 amide bonds. The number of benzene rings is 2. The first-order valence-corrected chi connectivity index (χ1v) is 13.7. The van der Waals surface area contributed by atoms with Crippen LogP contribution in [-0.2, 0) is 0 Å². The second kappa shape index (κ2) is 9.07. The van der Waals surface area contributed by atoms with Gasteiger partial charge in [-0.1, -0.05) is 64.8 Å². The molecule has 0 saturated heterocycles. The zero-order chi connectivity index (χ0) is 21.1. The van der Waals surface area contributed by atoms with Crippen LogP contribution in [0.15, 0.2) is 56.5 Å². The summed E-state index contributed by atoms with van der Waals surface area (Å²) in [4.78, 5) is 0. The van der Waals surface area contributed by atoms with E-state index in [1.54, 1.807) is 0 Å². The number of halogens is 2. The summed E-state index contributed by atoms with van der Waals surface area (Å²) in [5.74, 6) is 0.834. The maximum Gasteiger partial charge on any atom is 0.250 e. The predicted molar refractivity (Wildman–Crippen MR) is 132 cm³/mol. The highest BCUT2D eigenvalue weighted by atomic mass is 79.9. The highest BCUT2D eigenvalue weighted by Gasteiger charge is 2.39. The fourth-order valence-corrected chi connectivity index (χ4v) is 4.61. The monoisotopic (exact) mass is 541 g/mol. The molecule has 0 heterocycles. The van der Waals surface area contributed by atoms with Gasteiger partial charge < -0.3 is 10.2 Å². The van der Waals surface area contributed by atoms with Crippen molar-refractivity contribution in [2.24, 2.45) is 10.8 Å². The first-order chi connectivity index (χ1) is 12.9. The number of nitrogens with two attached hydrogens (primary N) is 1. The van der Waals surface area contributed by atoms with Gasteiger partial charge >= 0.3 is 0 Å². The molecule has 0 aliphatic heterocycles. The Kier molecular flexibility index (Phi) is 7.47. The molecule has 3 N–H and O–H groups in total. The quantitative estimate of drug-likeness (QED) is 0.205. The molecule has 4 nitrogen and oxygen atoms in total. The summed E-state index contributed by atoms with van der Waals surface area (Å²) in [5.41, 5.74) is 10.8. The Morgan fingerprint density at radius 2 is 1.68 bits per heavy atom. The SMILES string of the molecule is CC(C)(C)[Si](C)(C)Oc1cccc(C(=NNC(N)=S)c2cc(Br)cc(Br)c2)c1. The normalized spacial score (nSPS) is 12.6. The van der Waals surface area contributed by atoms with Crippen LogP contribution in [0.1, 0.15) is 31.9 Å². The topological polar surface area (TPSA) is 59.6 Å². The van der Waals surface area contributed by atoms with Crippen molar-refractivity contribution in [3.05, 3.63) is 62.5 Å². The molecule has 0 radical (unpaired) electrons. The van der Waals surface area contributed by atoms with Crippen LogP contribution < -0.4 is 15.6 Å². The van der Waals surface area contributed by atoms with Gasteiger partial charge in [-0.25, -0.2) is 0 Å². The van der Waals surface area contributed by atoms with E-state index in [9.17, 15) is 0 Å². The van der Waals surface area contributed by atoms with E-state index < -0.39 is 8.32 Å². The van der Waals surface area contributed by atoms with E-state index in [0.717, 1.165) is 31.5 Å². The molecular weight excluding hydrogens is 518 g/mol. The highest BCUT2D eigenvalue weighted by molar-refractivity contribution is 9.11. The number of nitrogens with zero attached hydrogens (tertiary/aromatic N) is 1. The molecule has 0 atom stereocenters. The summed E-state index contributed by atoms with van der Waals surface area (Å²) >= 11 is 12.0. The zero-order valence-electron chi connectivity index (χ0n) is 16.6. The Balaban J connectivity index is 2.50. The Labute approximate surface area is 190 Å². The maximum absolute atomic E-state index is 6.46. The van der Waals surface area contributed by atoms with Gasteiger partial charge in [0.15, 0.2) is 5.11 Å². The molecule has 2 aromatic rings. The second-order valence-corrected chi connectivity index (χ2v) is 15.0. The molecule has 2 rings (SSSR count). The van der Waals surface area contributed by atoms with E-state index in [-0.39, 0.29) is 10.2 Å². The molecule has 150 valence electrons. The third-order valence-corrected chi connectivity index (χ3v) is 10.1. The minimum absolute atomic E-state index is 0.111. The smallest absolute Gasteiger partial charge is 0.250 e. The van der Waals surface area contributed by atoms with Gasteiger partial charge in [-0.05, 0) is 60.7 Å². The lowest BCUT2D eigenvalue weighted by atomic mass is 10.0. The van der Waals surface area contributed by atoms with E-state index in [1.807, 2.05) is 42.5 Å². The first-order valence-electron chi connectivity index (χ1n) is 8.78. The number of hydrazone groups is 1. The van der Waals surface area contributed by atoms with Crippen molar-refractivity contribution < 1.29 is 4.43 Å². The molecule has 2 aromatic carbocycles. The van der Waals surface area contributed by atoms with Gasteiger partial charge in [0.1, 0.15) is 5.75 Å². The standard InChI is InChI=1S/C20H25Br2N3OSSi/c1-20(2,3)28(4,5)26-17-8-6-7-13(11-17)18(24-25-19(23)27)14-9-15(21)12-16(22)10-14/h6-12H,1-5H3,(H3,23,25,27). The van der Waals surface area contributed by atoms with E-state index in [1.165, 1.54) is 0 Å². The minimum Gasteiger partial charge on any atom is -0.543 e. The number of hydrogen-bond donors (Lipinski definition) is 2. The third-order valence-electron chi connectivity index (χ3n) is 4.70. The summed E-state index contributed by atoms with van der Waals surface area (Å²) in [7, 11) is -1.95. The van der Waals surface area contributed by atoms with Crippen LogP contribution in [0.2, 0.25) is 18.1 Å². The lowest BCUT2D eigenvalue weighted by Crippen LogP contribution is -2.43. The molecule has 8 heteroatoms. The van der Waals surface area contributed by atoms with Crippen LogP contribution in [-0.4, -0.2) is 19.1 Å². The van der Waals surface area contributed by atoms with Gasteiger partial charge in [0.2, 0.25) is 8.32 Å². The van der Waals surface area contributed by atoms with Crippen molar-refractivity contribution in [2.45, 2.75) is 38.9 Å². The van der Waals surface area contributed by atoms with Gasteiger partial charge in [0.05, 0.1) is 5.71 Å². The molecular formula is C20H25Br2N3OSSi. The maximum atomic E-state index is 6.46. The number of rotatable bonds is 5. The highest BCUT2D eigenvalue weighted by Crippen LogP contribution is 2.37. The number of hydrogen-bond acceptors (Lipinski definition) is 3. The first kappa shape index (κ1) is 23.1. The largest absolute Gasteiger partial charge is 0.543 e. The molecule has 28 heavy (non-hydrogen) atoms. The molecule has 0 aromatic heterocycles. The third kappa shape index (κ3) is 6.14. The minimum atomic E-state index is -1.95. The van der Waals surface area contributed by atoms with Gasteiger partial charge in [0, 0.05) is 20.1 Å².